The van der Waals surface area contributed by atoms with E-state index in [2.05, 4.69) is 5.16 Å². The van der Waals surface area contributed by atoms with E-state index in [1.807, 2.05) is 42.5 Å². The van der Waals surface area contributed by atoms with Gasteiger partial charge in [0.25, 0.3) is 0 Å². The summed E-state index contributed by atoms with van der Waals surface area (Å²) in [7, 11) is 0. The SMILES string of the molecule is ClC(Cl)=CCOc1cccc2c1CC/C2=N\OCc1ccc(Cl)cc1. The van der Waals surface area contributed by atoms with Gasteiger partial charge in [0.05, 0.1) is 5.71 Å². The lowest BCUT2D eigenvalue weighted by atomic mass is 10.1. The normalized spacial score (nSPS) is 14.3. The molecule has 130 valence electrons. The molecule has 3 nitrogen and oxygen atoms in total. The van der Waals surface area contributed by atoms with E-state index in [1.54, 1.807) is 6.08 Å². The van der Waals surface area contributed by atoms with Gasteiger partial charge in [0, 0.05) is 16.1 Å². The zero-order chi connectivity index (χ0) is 17.6. The van der Waals surface area contributed by atoms with Crippen LogP contribution in [0.2, 0.25) is 5.02 Å². The van der Waals surface area contributed by atoms with Gasteiger partial charge in [-0.2, -0.15) is 0 Å². The Balaban J connectivity index is 1.66. The van der Waals surface area contributed by atoms with Gasteiger partial charge in [-0.25, -0.2) is 0 Å². The van der Waals surface area contributed by atoms with Gasteiger partial charge in [-0.3, -0.25) is 0 Å². The van der Waals surface area contributed by atoms with Crippen molar-refractivity contribution in [3.8, 4) is 5.75 Å². The van der Waals surface area contributed by atoms with E-state index in [0.717, 1.165) is 41.0 Å². The summed E-state index contributed by atoms with van der Waals surface area (Å²) in [6.07, 6.45) is 3.30. The number of fused-ring (bicyclic) bond motifs is 1. The average Bonchev–Trinajstić information content (AvgIpc) is 3.01. The van der Waals surface area contributed by atoms with E-state index in [4.69, 9.17) is 44.4 Å². The first-order valence-corrected chi connectivity index (χ1v) is 8.96. The summed E-state index contributed by atoms with van der Waals surface area (Å²) in [6, 6.07) is 13.4. The molecule has 1 aliphatic carbocycles. The number of nitrogens with zero attached hydrogens (tertiary/aromatic N) is 1. The Bertz CT molecular complexity index is 797. The summed E-state index contributed by atoms with van der Waals surface area (Å²) in [5.74, 6) is 0.825. The van der Waals surface area contributed by atoms with E-state index in [1.165, 1.54) is 0 Å². The molecule has 0 atom stereocenters. The van der Waals surface area contributed by atoms with Gasteiger partial charge in [0.15, 0.2) is 0 Å². The molecule has 2 aromatic rings. The molecular weight excluding hydrogens is 381 g/mol. The monoisotopic (exact) mass is 395 g/mol. The van der Waals surface area contributed by atoms with Crippen LogP contribution in [-0.2, 0) is 17.9 Å². The Hall–Kier alpha value is -1.68. The van der Waals surface area contributed by atoms with Crippen LogP contribution >= 0.6 is 34.8 Å². The Kier molecular flexibility index (Phi) is 6.24. The largest absolute Gasteiger partial charge is 0.489 e. The van der Waals surface area contributed by atoms with Crippen molar-refractivity contribution in [2.75, 3.05) is 6.61 Å². The standard InChI is InChI=1S/C19H16Cl3NO2/c20-14-6-4-13(5-7-14)12-25-23-17-9-8-16-15(17)2-1-3-18(16)24-11-10-19(21)22/h1-7,10H,8-9,11-12H2/b23-17+. The van der Waals surface area contributed by atoms with Crippen molar-refractivity contribution < 1.29 is 9.57 Å². The molecule has 3 rings (SSSR count). The molecule has 2 aromatic carbocycles. The molecule has 0 heterocycles. The molecular formula is C19H16Cl3NO2. The van der Waals surface area contributed by atoms with Gasteiger partial charge in [0.2, 0.25) is 0 Å². The molecule has 0 aromatic heterocycles. The maximum Gasteiger partial charge on any atom is 0.142 e. The first-order valence-electron chi connectivity index (χ1n) is 7.83. The van der Waals surface area contributed by atoms with Gasteiger partial charge < -0.3 is 9.57 Å². The maximum atomic E-state index is 5.88. The summed E-state index contributed by atoms with van der Waals surface area (Å²) in [4.78, 5) is 5.51. The van der Waals surface area contributed by atoms with Gasteiger partial charge in [-0.1, -0.05) is 64.2 Å². The van der Waals surface area contributed by atoms with Gasteiger partial charge >= 0.3 is 0 Å². The summed E-state index contributed by atoms with van der Waals surface area (Å²) < 4.78 is 5.94. The molecule has 0 N–H and O–H groups in total. The smallest absolute Gasteiger partial charge is 0.142 e. The van der Waals surface area contributed by atoms with E-state index in [9.17, 15) is 0 Å². The Morgan fingerprint density at radius 1 is 1.08 bits per heavy atom. The summed E-state index contributed by atoms with van der Waals surface area (Å²) in [5.41, 5.74) is 4.15. The van der Waals surface area contributed by atoms with Crippen LogP contribution in [0.4, 0.5) is 0 Å². The van der Waals surface area contributed by atoms with Crippen LogP contribution in [0.25, 0.3) is 0 Å². The molecule has 0 spiro atoms. The third-order valence-corrected chi connectivity index (χ3v) is 4.41. The van der Waals surface area contributed by atoms with Crippen LogP contribution in [0.15, 0.2) is 58.2 Å². The van der Waals surface area contributed by atoms with Crippen molar-refractivity contribution in [3.63, 3.8) is 0 Å². The van der Waals surface area contributed by atoms with Crippen molar-refractivity contribution in [1.29, 1.82) is 0 Å². The molecule has 25 heavy (non-hydrogen) atoms. The first-order chi connectivity index (χ1) is 12.1. The highest BCUT2D eigenvalue weighted by atomic mass is 35.5. The Labute approximate surface area is 161 Å². The van der Waals surface area contributed by atoms with Crippen molar-refractivity contribution in [3.05, 3.63) is 74.7 Å². The lowest BCUT2D eigenvalue weighted by Gasteiger charge is -2.08. The minimum atomic E-state index is 0.199. The Morgan fingerprint density at radius 3 is 2.64 bits per heavy atom. The number of hydrogen-bond acceptors (Lipinski definition) is 3. The number of halogens is 3. The number of ether oxygens (including phenoxy) is 1. The minimum Gasteiger partial charge on any atom is -0.489 e. The molecule has 1 aliphatic rings. The fraction of sp³-hybridized carbons (Fsp3) is 0.211. The molecule has 0 saturated carbocycles. The number of oxime groups is 1. The minimum absolute atomic E-state index is 0.199. The van der Waals surface area contributed by atoms with Crippen LogP contribution in [0.5, 0.6) is 5.75 Å². The van der Waals surface area contributed by atoms with Crippen LogP contribution in [0, 0.1) is 0 Å². The molecule has 0 amide bonds. The van der Waals surface area contributed by atoms with Gasteiger partial charge in [0.1, 0.15) is 23.5 Å². The van der Waals surface area contributed by atoms with Crippen molar-refractivity contribution in [2.45, 2.75) is 19.4 Å². The molecule has 0 radical (unpaired) electrons. The highest BCUT2D eigenvalue weighted by Gasteiger charge is 2.21. The zero-order valence-electron chi connectivity index (χ0n) is 13.3. The maximum absolute atomic E-state index is 5.88. The highest BCUT2D eigenvalue weighted by molar-refractivity contribution is 6.55. The number of hydrogen-bond donors (Lipinski definition) is 0. The summed E-state index contributed by atoms with van der Waals surface area (Å²) in [6.45, 7) is 0.740. The van der Waals surface area contributed by atoms with Crippen LogP contribution in [0.3, 0.4) is 0 Å². The summed E-state index contributed by atoms with van der Waals surface area (Å²) in [5, 5.41) is 5.01. The van der Waals surface area contributed by atoms with Crippen molar-refractivity contribution >= 4 is 40.5 Å². The van der Waals surface area contributed by atoms with Crippen molar-refractivity contribution in [1.82, 2.24) is 0 Å². The second-order valence-electron chi connectivity index (χ2n) is 5.52. The molecule has 0 bridgehead atoms. The van der Waals surface area contributed by atoms with Crippen LogP contribution in [0.1, 0.15) is 23.1 Å². The lowest BCUT2D eigenvalue weighted by molar-refractivity contribution is 0.130. The fourth-order valence-corrected chi connectivity index (χ4v) is 2.91. The average molecular weight is 397 g/mol. The number of rotatable bonds is 6. The quantitative estimate of drug-likeness (QED) is 0.569. The third-order valence-electron chi connectivity index (χ3n) is 3.85. The topological polar surface area (TPSA) is 30.8 Å². The fourth-order valence-electron chi connectivity index (χ4n) is 2.66. The van der Waals surface area contributed by atoms with Crippen LogP contribution < -0.4 is 4.74 Å². The van der Waals surface area contributed by atoms with E-state index in [0.29, 0.717) is 18.2 Å². The van der Waals surface area contributed by atoms with Gasteiger partial charge in [-0.05, 0) is 42.7 Å². The van der Waals surface area contributed by atoms with Crippen LogP contribution in [-0.4, -0.2) is 12.3 Å². The second kappa shape index (κ2) is 8.61. The van der Waals surface area contributed by atoms with E-state index >= 15 is 0 Å². The Morgan fingerprint density at radius 2 is 1.88 bits per heavy atom. The molecule has 0 saturated heterocycles. The third kappa shape index (κ3) is 4.91. The van der Waals surface area contributed by atoms with Gasteiger partial charge in [-0.15, -0.1) is 0 Å². The van der Waals surface area contributed by atoms with E-state index < -0.39 is 0 Å². The summed E-state index contributed by atoms with van der Waals surface area (Å²) >= 11 is 17.1. The predicted octanol–water partition coefficient (Wildman–Crippen LogP) is 5.90. The molecule has 0 unspecified atom stereocenters. The predicted molar refractivity (Wildman–Crippen MR) is 103 cm³/mol. The first kappa shape index (κ1) is 18.1. The lowest BCUT2D eigenvalue weighted by Crippen LogP contribution is -1.99. The molecule has 0 fully saturated rings. The molecule has 0 aliphatic heterocycles. The highest BCUT2D eigenvalue weighted by Crippen LogP contribution is 2.31. The second-order valence-corrected chi connectivity index (χ2v) is 6.97. The van der Waals surface area contributed by atoms with E-state index in [-0.39, 0.29) is 4.49 Å². The zero-order valence-corrected chi connectivity index (χ0v) is 15.6. The number of benzene rings is 2. The molecule has 6 heteroatoms. The van der Waals surface area contributed by atoms with Crippen molar-refractivity contribution in [2.24, 2.45) is 5.16 Å².